The van der Waals surface area contributed by atoms with Gasteiger partial charge in [0.05, 0.1) is 6.54 Å². The molecular weight excluding hydrogens is 222 g/mol. The minimum absolute atomic E-state index is 0.0429. The summed E-state index contributed by atoms with van der Waals surface area (Å²) in [4.78, 5) is 25.7. The Labute approximate surface area is 101 Å². The Balaban J connectivity index is 2.28. The lowest BCUT2D eigenvalue weighted by Crippen LogP contribution is -2.52. The van der Waals surface area contributed by atoms with E-state index in [2.05, 4.69) is 11.9 Å². The number of carbonyl (C=O) groups is 2. The predicted molar refractivity (Wildman–Crippen MR) is 63.9 cm³/mol. The second kappa shape index (κ2) is 6.24. The molecule has 96 valence electrons. The fourth-order valence-corrected chi connectivity index (χ4v) is 1.64. The van der Waals surface area contributed by atoms with Gasteiger partial charge in [-0.15, -0.1) is 0 Å². The number of piperazine rings is 1. The van der Waals surface area contributed by atoms with E-state index in [-0.39, 0.29) is 12.6 Å². The van der Waals surface area contributed by atoms with Crippen molar-refractivity contribution < 1.29 is 14.7 Å². The van der Waals surface area contributed by atoms with Crippen LogP contribution in [0.5, 0.6) is 0 Å². The molecule has 0 spiro atoms. The van der Waals surface area contributed by atoms with Crippen LogP contribution in [0.3, 0.4) is 0 Å². The zero-order valence-corrected chi connectivity index (χ0v) is 10.1. The highest BCUT2D eigenvalue weighted by Crippen LogP contribution is 2.01. The van der Waals surface area contributed by atoms with Gasteiger partial charge in [-0.25, -0.2) is 4.79 Å². The molecule has 0 aromatic carbocycles. The van der Waals surface area contributed by atoms with Gasteiger partial charge in [0.2, 0.25) is 0 Å². The molecule has 1 fully saturated rings. The third-order valence-electron chi connectivity index (χ3n) is 2.56. The first-order valence-electron chi connectivity index (χ1n) is 5.60. The number of nitrogens with one attached hydrogen (secondary N) is 1. The molecule has 2 amide bonds. The molecule has 0 aromatic heterocycles. The summed E-state index contributed by atoms with van der Waals surface area (Å²) in [6.07, 6.45) is 0. The third kappa shape index (κ3) is 4.86. The van der Waals surface area contributed by atoms with Crippen LogP contribution in [0.4, 0.5) is 4.79 Å². The first-order valence-corrected chi connectivity index (χ1v) is 5.60. The highest BCUT2D eigenvalue weighted by atomic mass is 16.4. The smallest absolute Gasteiger partial charge is 0.317 e. The van der Waals surface area contributed by atoms with Gasteiger partial charge < -0.3 is 15.3 Å². The SMILES string of the molecule is C=C(C)CNC(=O)N1CCN(CC(=O)O)CC1. The first kappa shape index (κ1) is 13.5. The summed E-state index contributed by atoms with van der Waals surface area (Å²) in [6, 6.07) is -0.108. The maximum Gasteiger partial charge on any atom is 0.317 e. The summed E-state index contributed by atoms with van der Waals surface area (Å²) in [5, 5.41) is 11.4. The van der Waals surface area contributed by atoms with E-state index < -0.39 is 5.97 Å². The van der Waals surface area contributed by atoms with E-state index in [1.165, 1.54) is 0 Å². The number of hydrogen-bond donors (Lipinski definition) is 2. The summed E-state index contributed by atoms with van der Waals surface area (Å²) in [5.41, 5.74) is 0.905. The lowest BCUT2D eigenvalue weighted by atomic mass is 10.3. The van der Waals surface area contributed by atoms with Crippen LogP contribution in [0.1, 0.15) is 6.92 Å². The Bertz CT molecular complexity index is 309. The van der Waals surface area contributed by atoms with Crippen LogP contribution < -0.4 is 5.32 Å². The summed E-state index contributed by atoms with van der Waals surface area (Å²) in [7, 11) is 0. The van der Waals surface area contributed by atoms with Crippen molar-refractivity contribution >= 4 is 12.0 Å². The van der Waals surface area contributed by atoms with Gasteiger partial charge in [-0.3, -0.25) is 9.69 Å². The van der Waals surface area contributed by atoms with E-state index in [0.717, 1.165) is 5.57 Å². The number of hydrogen-bond acceptors (Lipinski definition) is 3. The molecule has 1 saturated heterocycles. The number of amides is 2. The van der Waals surface area contributed by atoms with Crippen LogP contribution >= 0.6 is 0 Å². The number of carbonyl (C=O) groups excluding carboxylic acids is 1. The molecule has 17 heavy (non-hydrogen) atoms. The molecule has 0 saturated carbocycles. The fourth-order valence-electron chi connectivity index (χ4n) is 1.64. The van der Waals surface area contributed by atoms with E-state index in [1.807, 2.05) is 11.8 Å². The quantitative estimate of drug-likeness (QED) is 0.678. The van der Waals surface area contributed by atoms with Crippen LogP contribution in [-0.2, 0) is 4.79 Å². The topological polar surface area (TPSA) is 72.9 Å². The molecule has 0 bridgehead atoms. The lowest BCUT2D eigenvalue weighted by molar-refractivity contribution is -0.138. The number of carboxylic acids is 1. The molecule has 0 radical (unpaired) electrons. The molecule has 1 rings (SSSR count). The van der Waals surface area contributed by atoms with Crippen LogP contribution in [0.2, 0.25) is 0 Å². The molecule has 0 aliphatic carbocycles. The molecule has 2 N–H and O–H groups in total. The minimum atomic E-state index is -0.829. The van der Waals surface area contributed by atoms with E-state index >= 15 is 0 Å². The summed E-state index contributed by atoms with van der Waals surface area (Å²) in [5.74, 6) is -0.829. The van der Waals surface area contributed by atoms with Crippen LogP contribution in [0.15, 0.2) is 12.2 Å². The first-order chi connectivity index (χ1) is 7.99. The van der Waals surface area contributed by atoms with E-state index in [0.29, 0.717) is 32.7 Å². The summed E-state index contributed by atoms with van der Waals surface area (Å²) < 4.78 is 0. The van der Waals surface area contributed by atoms with Gasteiger partial charge in [-0.1, -0.05) is 12.2 Å². The van der Waals surface area contributed by atoms with Gasteiger partial charge in [-0.2, -0.15) is 0 Å². The highest BCUT2D eigenvalue weighted by Gasteiger charge is 2.21. The molecule has 0 unspecified atom stereocenters. The van der Waals surface area contributed by atoms with Gasteiger partial charge in [-0.05, 0) is 6.92 Å². The monoisotopic (exact) mass is 241 g/mol. The van der Waals surface area contributed by atoms with Gasteiger partial charge in [0.25, 0.3) is 0 Å². The Kier molecular flexibility index (Phi) is 4.96. The second-order valence-corrected chi connectivity index (χ2v) is 4.27. The van der Waals surface area contributed by atoms with Crippen molar-refractivity contribution in [1.82, 2.24) is 15.1 Å². The molecule has 1 aliphatic rings. The van der Waals surface area contributed by atoms with Crippen molar-refractivity contribution in [2.24, 2.45) is 0 Å². The number of nitrogens with zero attached hydrogens (tertiary/aromatic N) is 2. The van der Waals surface area contributed by atoms with Gasteiger partial charge in [0.1, 0.15) is 0 Å². The lowest BCUT2D eigenvalue weighted by Gasteiger charge is -2.33. The normalized spacial score (nSPS) is 16.6. The highest BCUT2D eigenvalue weighted by molar-refractivity contribution is 5.74. The van der Waals surface area contributed by atoms with E-state index in [4.69, 9.17) is 5.11 Å². The molecule has 1 heterocycles. The zero-order chi connectivity index (χ0) is 12.8. The molecule has 6 heteroatoms. The number of carboxylic acid groups (broad SMARTS) is 1. The molecule has 6 nitrogen and oxygen atoms in total. The van der Waals surface area contributed by atoms with Gasteiger partial charge in [0, 0.05) is 32.7 Å². The zero-order valence-electron chi connectivity index (χ0n) is 10.1. The summed E-state index contributed by atoms with van der Waals surface area (Å²) in [6.45, 7) is 8.42. The standard InChI is InChI=1S/C11H19N3O3/c1-9(2)7-12-11(17)14-5-3-13(4-6-14)8-10(15)16/h1,3-8H2,2H3,(H,12,17)(H,15,16). The molecule has 0 atom stereocenters. The molecule has 1 aliphatic heterocycles. The van der Waals surface area contributed by atoms with Crippen molar-refractivity contribution in [2.75, 3.05) is 39.3 Å². The average molecular weight is 241 g/mol. The minimum Gasteiger partial charge on any atom is -0.480 e. The fraction of sp³-hybridized carbons (Fsp3) is 0.636. The van der Waals surface area contributed by atoms with Crippen molar-refractivity contribution in [3.63, 3.8) is 0 Å². The van der Waals surface area contributed by atoms with E-state index in [1.54, 1.807) is 4.90 Å². The second-order valence-electron chi connectivity index (χ2n) is 4.27. The van der Waals surface area contributed by atoms with Crippen LogP contribution in [0.25, 0.3) is 0 Å². The van der Waals surface area contributed by atoms with Crippen molar-refractivity contribution in [3.05, 3.63) is 12.2 Å². The number of rotatable bonds is 4. The van der Waals surface area contributed by atoms with Crippen LogP contribution in [-0.4, -0.2) is 66.2 Å². The Morgan fingerprint density at radius 1 is 1.29 bits per heavy atom. The Hall–Kier alpha value is -1.56. The maximum absolute atomic E-state index is 11.7. The van der Waals surface area contributed by atoms with Crippen LogP contribution in [0, 0.1) is 0 Å². The predicted octanol–water partition coefficient (Wildman–Crippen LogP) is -0.0257. The van der Waals surface area contributed by atoms with Gasteiger partial charge >= 0.3 is 12.0 Å². The molecule has 0 aromatic rings. The largest absolute Gasteiger partial charge is 0.480 e. The average Bonchev–Trinajstić information content (AvgIpc) is 2.26. The van der Waals surface area contributed by atoms with E-state index in [9.17, 15) is 9.59 Å². The molecular formula is C11H19N3O3. The third-order valence-corrected chi connectivity index (χ3v) is 2.56. The van der Waals surface area contributed by atoms with Crippen molar-refractivity contribution in [3.8, 4) is 0 Å². The summed E-state index contributed by atoms with van der Waals surface area (Å²) >= 11 is 0. The van der Waals surface area contributed by atoms with Crippen molar-refractivity contribution in [2.45, 2.75) is 6.92 Å². The van der Waals surface area contributed by atoms with Crippen molar-refractivity contribution in [1.29, 1.82) is 0 Å². The van der Waals surface area contributed by atoms with Gasteiger partial charge in [0.15, 0.2) is 0 Å². The Morgan fingerprint density at radius 2 is 1.88 bits per heavy atom. The number of aliphatic carboxylic acids is 1. The Morgan fingerprint density at radius 3 is 2.35 bits per heavy atom. The number of urea groups is 1. The maximum atomic E-state index is 11.7.